The van der Waals surface area contributed by atoms with E-state index in [9.17, 15) is 8.78 Å². The van der Waals surface area contributed by atoms with Crippen molar-refractivity contribution in [2.75, 3.05) is 0 Å². The van der Waals surface area contributed by atoms with Crippen molar-refractivity contribution in [3.05, 3.63) is 53.1 Å². The molecule has 1 heterocycles. The topological polar surface area (TPSA) is 29.9 Å². The van der Waals surface area contributed by atoms with Crippen LogP contribution in [-0.2, 0) is 13.1 Å². The van der Waals surface area contributed by atoms with Gasteiger partial charge in [0.2, 0.25) is 0 Å². The number of halogens is 2. The first-order chi connectivity index (χ1) is 9.63. The van der Waals surface area contributed by atoms with E-state index in [1.54, 1.807) is 6.07 Å². The number of nitrogens with zero attached hydrogens (tertiary/aromatic N) is 2. The van der Waals surface area contributed by atoms with E-state index in [1.165, 1.54) is 25.0 Å². The maximum atomic E-state index is 13.3. The molecule has 0 spiro atoms. The number of benzene rings is 1. The van der Waals surface area contributed by atoms with Crippen LogP contribution >= 0.6 is 0 Å². The standard InChI is InChI=1S/C15H17F2N3/c1-10-18-7-13(8-19-12-3-4-12)20(10)9-11-2-5-14(16)15(17)6-11/h2,5-7,12,19H,3-4,8-9H2,1H3. The molecule has 1 saturated carbocycles. The predicted molar refractivity (Wildman–Crippen MR) is 72.3 cm³/mol. The van der Waals surface area contributed by atoms with Gasteiger partial charge in [0, 0.05) is 25.3 Å². The molecule has 2 aromatic rings. The maximum Gasteiger partial charge on any atom is 0.159 e. The van der Waals surface area contributed by atoms with Gasteiger partial charge in [-0.05, 0) is 37.5 Å². The molecule has 106 valence electrons. The van der Waals surface area contributed by atoms with Crippen LogP contribution in [0.1, 0.15) is 29.9 Å². The minimum Gasteiger partial charge on any atom is -0.327 e. The first-order valence-electron chi connectivity index (χ1n) is 6.82. The summed E-state index contributed by atoms with van der Waals surface area (Å²) in [5.41, 5.74) is 1.80. The molecule has 0 radical (unpaired) electrons. The van der Waals surface area contributed by atoms with Crippen LogP contribution in [0, 0.1) is 18.6 Å². The van der Waals surface area contributed by atoms with Crippen molar-refractivity contribution >= 4 is 0 Å². The summed E-state index contributed by atoms with van der Waals surface area (Å²) in [7, 11) is 0. The fraction of sp³-hybridized carbons (Fsp3) is 0.400. The minimum atomic E-state index is -0.813. The van der Waals surface area contributed by atoms with Gasteiger partial charge in [-0.2, -0.15) is 0 Å². The second-order valence-electron chi connectivity index (χ2n) is 5.29. The fourth-order valence-corrected chi connectivity index (χ4v) is 2.23. The van der Waals surface area contributed by atoms with Crippen LogP contribution in [0.2, 0.25) is 0 Å². The summed E-state index contributed by atoms with van der Waals surface area (Å²) >= 11 is 0. The Balaban J connectivity index is 1.77. The van der Waals surface area contributed by atoms with Gasteiger partial charge < -0.3 is 9.88 Å². The molecule has 1 aromatic carbocycles. The van der Waals surface area contributed by atoms with E-state index < -0.39 is 11.6 Å². The summed E-state index contributed by atoms with van der Waals surface area (Å²) < 4.78 is 28.2. The predicted octanol–water partition coefficient (Wildman–Crippen LogP) is 2.77. The molecule has 0 bridgehead atoms. The van der Waals surface area contributed by atoms with Crippen LogP contribution < -0.4 is 5.32 Å². The normalized spacial score (nSPS) is 14.8. The van der Waals surface area contributed by atoms with E-state index in [0.29, 0.717) is 12.6 Å². The molecular weight excluding hydrogens is 260 g/mol. The molecule has 0 atom stereocenters. The van der Waals surface area contributed by atoms with Crippen LogP contribution in [0.5, 0.6) is 0 Å². The fourth-order valence-electron chi connectivity index (χ4n) is 2.23. The lowest BCUT2D eigenvalue weighted by molar-refractivity contribution is 0.506. The van der Waals surface area contributed by atoms with Crippen LogP contribution in [0.3, 0.4) is 0 Å². The third-order valence-electron chi connectivity index (χ3n) is 3.61. The summed E-state index contributed by atoms with van der Waals surface area (Å²) in [5, 5.41) is 3.44. The number of nitrogens with one attached hydrogen (secondary N) is 1. The van der Waals surface area contributed by atoms with Crippen LogP contribution in [0.4, 0.5) is 8.78 Å². The molecule has 5 heteroatoms. The lowest BCUT2D eigenvalue weighted by Crippen LogP contribution is -2.18. The van der Waals surface area contributed by atoms with Gasteiger partial charge in [0.15, 0.2) is 11.6 Å². The molecule has 3 rings (SSSR count). The quantitative estimate of drug-likeness (QED) is 0.910. The van der Waals surface area contributed by atoms with Crippen molar-refractivity contribution in [3.8, 4) is 0 Å². The summed E-state index contributed by atoms with van der Waals surface area (Å²) in [5.74, 6) is -0.744. The van der Waals surface area contributed by atoms with Crippen molar-refractivity contribution in [2.45, 2.75) is 38.9 Å². The smallest absolute Gasteiger partial charge is 0.159 e. The van der Waals surface area contributed by atoms with Crippen LogP contribution in [0.25, 0.3) is 0 Å². The van der Waals surface area contributed by atoms with Crippen LogP contribution in [-0.4, -0.2) is 15.6 Å². The highest BCUT2D eigenvalue weighted by Gasteiger charge is 2.21. The third kappa shape index (κ3) is 2.88. The average Bonchev–Trinajstić information content (AvgIpc) is 3.19. The molecule has 0 aliphatic heterocycles. The molecule has 1 aromatic heterocycles. The molecule has 0 saturated heterocycles. The summed E-state index contributed by atoms with van der Waals surface area (Å²) in [6.07, 6.45) is 4.30. The van der Waals surface area contributed by atoms with E-state index in [0.717, 1.165) is 23.6 Å². The number of aromatic nitrogens is 2. The van der Waals surface area contributed by atoms with Gasteiger partial charge in [-0.1, -0.05) is 6.07 Å². The van der Waals surface area contributed by atoms with E-state index in [1.807, 2.05) is 17.7 Å². The van der Waals surface area contributed by atoms with Crippen molar-refractivity contribution in [3.63, 3.8) is 0 Å². The van der Waals surface area contributed by atoms with Gasteiger partial charge in [0.1, 0.15) is 5.82 Å². The molecule has 1 fully saturated rings. The Morgan fingerprint density at radius 1 is 1.30 bits per heavy atom. The van der Waals surface area contributed by atoms with Crippen molar-refractivity contribution < 1.29 is 8.78 Å². The maximum absolute atomic E-state index is 13.3. The van der Waals surface area contributed by atoms with Gasteiger partial charge in [0.25, 0.3) is 0 Å². The van der Waals surface area contributed by atoms with E-state index in [4.69, 9.17) is 0 Å². The van der Waals surface area contributed by atoms with Gasteiger partial charge in [0.05, 0.1) is 5.69 Å². The molecule has 1 aliphatic carbocycles. The van der Waals surface area contributed by atoms with Gasteiger partial charge in [-0.3, -0.25) is 0 Å². The highest BCUT2D eigenvalue weighted by atomic mass is 19.2. The second-order valence-corrected chi connectivity index (χ2v) is 5.29. The monoisotopic (exact) mass is 277 g/mol. The van der Waals surface area contributed by atoms with Gasteiger partial charge in [-0.25, -0.2) is 13.8 Å². The number of imidazole rings is 1. The van der Waals surface area contributed by atoms with Crippen LogP contribution in [0.15, 0.2) is 24.4 Å². The first kappa shape index (κ1) is 13.2. The zero-order valence-electron chi connectivity index (χ0n) is 11.4. The second kappa shape index (κ2) is 5.32. The Hall–Kier alpha value is -1.75. The zero-order chi connectivity index (χ0) is 14.1. The van der Waals surface area contributed by atoms with E-state index in [-0.39, 0.29) is 0 Å². The Morgan fingerprint density at radius 3 is 2.80 bits per heavy atom. The third-order valence-corrected chi connectivity index (χ3v) is 3.61. The zero-order valence-corrected chi connectivity index (χ0v) is 11.4. The largest absolute Gasteiger partial charge is 0.327 e. The van der Waals surface area contributed by atoms with Gasteiger partial charge in [-0.15, -0.1) is 0 Å². The molecule has 20 heavy (non-hydrogen) atoms. The summed E-state index contributed by atoms with van der Waals surface area (Å²) in [4.78, 5) is 4.31. The average molecular weight is 277 g/mol. The first-order valence-corrected chi connectivity index (χ1v) is 6.82. The van der Waals surface area contributed by atoms with Crippen molar-refractivity contribution in [1.82, 2.24) is 14.9 Å². The van der Waals surface area contributed by atoms with E-state index >= 15 is 0 Å². The molecule has 1 aliphatic rings. The Bertz CT molecular complexity index is 618. The molecule has 0 amide bonds. The SMILES string of the molecule is Cc1ncc(CNC2CC2)n1Cc1ccc(F)c(F)c1. The minimum absolute atomic E-state index is 0.505. The molecule has 1 N–H and O–H groups in total. The number of aryl methyl sites for hydroxylation is 1. The Labute approximate surface area is 116 Å². The highest BCUT2D eigenvalue weighted by Crippen LogP contribution is 2.20. The number of hydrogen-bond donors (Lipinski definition) is 1. The van der Waals surface area contributed by atoms with Crippen molar-refractivity contribution in [1.29, 1.82) is 0 Å². The lowest BCUT2D eigenvalue weighted by atomic mass is 10.2. The van der Waals surface area contributed by atoms with Gasteiger partial charge >= 0.3 is 0 Å². The molecule has 0 unspecified atom stereocenters. The molecule has 3 nitrogen and oxygen atoms in total. The number of hydrogen-bond acceptors (Lipinski definition) is 2. The van der Waals surface area contributed by atoms with E-state index in [2.05, 4.69) is 10.3 Å². The molecular formula is C15H17F2N3. The van der Waals surface area contributed by atoms with Crippen molar-refractivity contribution in [2.24, 2.45) is 0 Å². The Morgan fingerprint density at radius 2 is 2.10 bits per heavy atom. The highest BCUT2D eigenvalue weighted by molar-refractivity contribution is 5.20. The lowest BCUT2D eigenvalue weighted by Gasteiger charge is -2.11. The summed E-state index contributed by atoms with van der Waals surface area (Å²) in [6.45, 7) is 3.18. The summed E-state index contributed by atoms with van der Waals surface area (Å²) in [6, 6.07) is 4.64. The number of rotatable bonds is 5. The Kier molecular flexibility index (Phi) is 3.53.